The van der Waals surface area contributed by atoms with Crippen LogP contribution < -0.4 is 19.5 Å². The smallest absolute Gasteiger partial charge is 0.218 e. The molecular formula is C15H17N3O3. The van der Waals surface area contributed by atoms with Gasteiger partial charge in [-0.3, -0.25) is 0 Å². The Morgan fingerprint density at radius 1 is 1.29 bits per heavy atom. The van der Waals surface area contributed by atoms with E-state index in [4.69, 9.17) is 14.2 Å². The SMILES string of the molecule is COc1cc(NCC2COc3ccccc3O2)nc(C)n1. The summed E-state index contributed by atoms with van der Waals surface area (Å²) in [6.45, 7) is 2.92. The topological polar surface area (TPSA) is 65.5 Å². The van der Waals surface area contributed by atoms with E-state index in [1.54, 1.807) is 13.2 Å². The summed E-state index contributed by atoms with van der Waals surface area (Å²) in [5.74, 6) is 3.46. The highest BCUT2D eigenvalue weighted by atomic mass is 16.6. The molecule has 1 aliphatic heterocycles. The summed E-state index contributed by atoms with van der Waals surface area (Å²) in [4.78, 5) is 8.46. The van der Waals surface area contributed by atoms with Crippen molar-refractivity contribution in [3.63, 3.8) is 0 Å². The summed E-state index contributed by atoms with van der Waals surface area (Å²) in [6, 6.07) is 9.41. The molecule has 1 unspecified atom stereocenters. The van der Waals surface area contributed by atoms with Crippen LogP contribution in [0, 0.1) is 6.92 Å². The van der Waals surface area contributed by atoms with Crippen molar-refractivity contribution in [1.82, 2.24) is 9.97 Å². The van der Waals surface area contributed by atoms with E-state index >= 15 is 0 Å². The summed E-state index contributed by atoms with van der Waals surface area (Å²) in [7, 11) is 1.58. The molecule has 0 spiro atoms. The number of hydrogen-bond donors (Lipinski definition) is 1. The summed E-state index contributed by atoms with van der Waals surface area (Å²) in [6.07, 6.45) is -0.0684. The largest absolute Gasteiger partial charge is 0.486 e. The Morgan fingerprint density at radius 3 is 2.90 bits per heavy atom. The lowest BCUT2D eigenvalue weighted by Crippen LogP contribution is -2.35. The number of fused-ring (bicyclic) bond motifs is 1. The lowest BCUT2D eigenvalue weighted by molar-refractivity contribution is 0.0997. The molecule has 0 fully saturated rings. The molecule has 1 N–H and O–H groups in total. The third-order valence-corrected chi connectivity index (χ3v) is 3.10. The number of hydrogen-bond acceptors (Lipinski definition) is 6. The first-order chi connectivity index (χ1) is 10.2. The molecule has 110 valence electrons. The molecule has 0 bridgehead atoms. The minimum atomic E-state index is -0.0684. The molecule has 1 aromatic carbocycles. The van der Waals surface area contributed by atoms with Crippen LogP contribution in [0.2, 0.25) is 0 Å². The van der Waals surface area contributed by atoms with E-state index in [1.165, 1.54) is 0 Å². The predicted octanol–water partition coefficient (Wildman–Crippen LogP) is 2.05. The van der Waals surface area contributed by atoms with E-state index in [0.717, 1.165) is 11.5 Å². The standard InChI is InChI=1S/C15H17N3O3/c1-10-17-14(7-15(18-10)19-2)16-8-11-9-20-12-5-3-4-6-13(12)21-11/h3-7,11H,8-9H2,1-2H3,(H,16,17,18). The Morgan fingerprint density at radius 2 is 2.10 bits per heavy atom. The molecule has 1 atom stereocenters. The highest BCUT2D eigenvalue weighted by Gasteiger charge is 2.20. The van der Waals surface area contributed by atoms with E-state index in [0.29, 0.717) is 30.7 Å². The van der Waals surface area contributed by atoms with Crippen molar-refractivity contribution in [2.75, 3.05) is 25.6 Å². The maximum atomic E-state index is 5.88. The maximum Gasteiger partial charge on any atom is 0.218 e. The van der Waals surface area contributed by atoms with Crippen molar-refractivity contribution in [2.24, 2.45) is 0 Å². The minimum Gasteiger partial charge on any atom is -0.486 e. The maximum absolute atomic E-state index is 5.88. The van der Waals surface area contributed by atoms with Crippen LogP contribution >= 0.6 is 0 Å². The molecule has 2 heterocycles. The number of aromatic nitrogens is 2. The van der Waals surface area contributed by atoms with Gasteiger partial charge in [-0.1, -0.05) is 12.1 Å². The first kappa shape index (κ1) is 13.5. The van der Waals surface area contributed by atoms with Crippen molar-refractivity contribution in [1.29, 1.82) is 0 Å². The second kappa shape index (κ2) is 5.87. The second-order valence-corrected chi connectivity index (χ2v) is 4.72. The van der Waals surface area contributed by atoms with Crippen LogP contribution in [-0.2, 0) is 0 Å². The molecule has 6 nitrogen and oxygen atoms in total. The van der Waals surface area contributed by atoms with E-state index in [1.807, 2.05) is 31.2 Å². The quantitative estimate of drug-likeness (QED) is 0.928. The average molecular weight is 287 g/mol. The molecule has 3 rings (SSSR count). The van der Waals surface area contributed by atoms with Gasteiger partial charge in [-0.15, -0.1) is 0 Å². The molecular weight excluding hydrogens is 270 g/mol. The molecule has 2 aromatic rings. The van der Waals surface area contributed by atoms with Crippen LogP contribution in [0.15, 0.2) is 30.3 Å². The third kappa shape index (κ3) is 3.16. The van der Waals surface area contributed by atoms with Gasteiger partial charge in [0, 0.05) is 6.07 Å². The molecule has 1 aromatic heterocycles. The van der Waals surface area contributed by atoms with Gasteiger partial charge in [0.25, 0.3) is 0 Å². The number of ether oxygens (including phenoxy) is 3. The number of nitrogens with zero attached hydrogens (tertiary/aromatic N) is 2. The number of para-hydroxylation sites is 2. The first-order valence-corrected chi connectivity index (χ1v) is 6.76. The number of nitrogens with one attached hydrogen (secondary N) is 1. The third-order valence-electron chi connectivity index (χ3n) is 3.10. The lowest BCUT2D eigenvalue weighted by Gasteiger charge is -2.26. The van der Waals surface area contributed by atoms with Crippen LogP contribution in [-0.4, -0.2) is 36.3 Å². The molecule has 0 saturated heterocycles. The number of benzene rings is 1. The van der Waals surface area contributed by atoms with Gasteiger partial charge in [0.15, 0.2) is 11.5 Å². The molecule has 1 aliphatic rings. The van der Waals surface area contributed by atoms with Gasteiger partial charge in [-0.2, -0.15) is 4.98 Å². The van der Waals surface area contributed by atoms with Crippen molar-refractivity contribution >= 4 is 5.82 Å². The highest BCUT2D eigenvalue weighted by Crippen LogP contribution is 2.30. The molecule has 0 radical (unpaired) electrons. The normalized spacial score (nSPS) is 16.4. The van der Waals surface area contributed by atoms with Crippen LogP contribution in [0.1, 0.15) is 5.82 Å². The van der Waals surface area contributed by atoms with Gasteiger partial charge in [0.2, 0.25) is 5.88 Å². The van der Waals surface area contributed by atoms with Crippen molar-refractivity contribution in [3.8, 4) is 17.4 Å². The number of methoxy groups -OCH3 is 1. The Balaban J connectivity index is 1.63. The fraction of sp³-hybridized carbons (Fsp3) is 0.333. The first-order valence-electron chi connectivity index (χ1n) is 6.76. The highest BCUT2D eigenvalue weighted by molar-refractivity contribution is 5.42. The van der Waals surface area contributed by atoms with Gasteiger partial charge < -0.3 is 19.5 Å². The van der Waals surface area contributed by atoms with Crippen LogP contribution in [0.25, 0.3) is 0 Å². The van der Waals surface area contributed by atoms with E-state index in [2.05, 4.69) is 15.3 Å². The van der Waals surface area contributed by atoms with E-state index < -0.39 is 0 Å². The lowest BCUT2D eigenvalue weighted by atomic mass is 10.2. The molecule has 0 aliphatic carbocycles. The van der Waals surface area contributed by atoms with Gasteiger partial charge >= 0.3 is 0 Å². The Kier molecular flexibility index (Phi) is 3.77. The zero-order chi connectivity index (χ0) is 14.7. The van der Waals surface area contributed by atoms with Gasteiger partial charge in [-0.05, 0) is 19.1 Å². The monoisotopic (exact) mass is 287 g/mol. The fourth-order valence-corrected chi connectivity index (χ4v) is 2.12. The summed E-state index contributed by atoms with van der Waals surface area (Å²) < 4.78 is 16.7. The van der Waals surface area contributed by atoms with Gasteiger partial charge in [0.05, 0.1) is 13.7 Å². The van der Waals surface area contributed by atoms with Gasteiger partial charge in [-0.25, -0.2) is 4.98 Å². The predicted molar refractivity (Wildman–Crippen MR) is 78.2 cm³/mol. The molecule has 0 saturated carbocycles. The minimum absolute atomic E-state index is 0.0684. The second-order valence-electron chi connectivity index (χ2n) is 4.72. The number of anilines is 1. The fourth-order valence-electron chi connectivity index (χ4n) is 2.12. The average Bonchev–Trinajstić information content (AvgIpc) is 2.52. The van der Waals surface area contributed by atoms with Crippen molar-refractivity contribution in [2.45, 2.75) is 13.0 Å². The Hall–Kier alpha value is -2.50. The molecule has 6 heteroatoms. The van der Waals surface area contributed by atoms with E-state index in [-0.39, 0.29) is 6.10 Å². The number of rotatable bonds is 4. The Labute approximate surface area is 123 Å². The van der Waals surface area contributed by atoms with Crippen LogP contribution in [0.3, 0.4) is 0 Å². The van der Waals surface area contributed by atoms with Crippen molar-refractivity contribution < 1.29 is 14.2 Å². The van der Waals surface area contributed by atoms with E-state index in [9.17, 15) is 0 Å². The molecule has 0 amide bonds. The molecule has 21 heavy (non-hydrogen) atoms. The zero-order valence-corrected chi connectivity index (χ0v) is 12.0. The Bertz CT molecular complexity index is 633. The summed E-state index contributed by atoms with van der Waals surface area (Å²) >= 11 is 0. The van der Waals surface area contributed by atoms with Crippen molar-refractivity contribution in [3.05, 3.63) is 36.2 Å². The summed E-state index contributed by atoms with van der Waals surface area (Å²) in [5, 5.41) is 3.22. The number of aryl methyl sites for hydroxylation is 1. The van der Waals surface area contributed by atoms with Gasteiger partial charge in [0.1, 0.15) is 24.4 Å². The van der Waals surface area contributed by atoms with Crippen LogP contribution in [0.4, 0.5) is 5.82 Å². The zero-order valence-electron chi connectivity index (χ0n) is 12.0. The van der Waals surface area contributed by atoms with Crippen LogP contribution in [0.5, 0.6) is 17.4 Å². The summed E-state index contributed by atoms with van der Waals surface area (Å²) in [5.41, 5.74) is 0.